The molecule has 1 atom stereocenters. The molecule has 2 fully saturated rings. The SMILES string of the molecule is O=C(Nc1ccc(N2CCC2=O)cc1)NC1CCN(c2ccccc2F)C1. The van der Waals surface area contributed by atoms with E-state index in [1.807, 2.05) is 23.1 Å². The molecule has 2 heterocycles. The van der Waals surface area contributed by atoms with E-state index >= 15 is 0 Å². The largest absolute Gasteiger partial charge is 0.367 e. The summed E-state index contributed by atoms with van der Waals surface area (Å²) in [5.74, 6) is -0.127. The highest BCUT2D eigenvalue weighted by Gasteiger charge is 2.26. The molecule has 3 amide bonds. The molecular formula is C20H21FN4O2. The predicted octanol–water partition coefficient (Wildman–Crippen LogP) is 2.96. The second kappa shape index (κ2) is 7.26. The third-order valence-electron chi connectivity index (χ3n) is 5.00. The van der Waals surface area contributed by atoms with E-state index in [1.165, 1.54) is 6.07 Å². The van der Waals surface area contributed by atoms with Crippen molar-refractivity contribution in [3.05, 3.63) is 54.3 Å². The summed E-state index contributed by atoms with van der Waals surface area (Å²) in [4.78, 5) is 27.3. The number of carbonyl (C=O) groups is 2. The predicted molar refractivity (Wildman–Crippen MR) is 103 cm³/mol. The Kier molecular flexibility index (Phi) is 4.66. The summed E-state index contributed by atoms with van der Waals surface area (Å²) in [5.41, 5.74) is 2.07. The average molecular weight is 368 g/mol. The van der Waals surface area contributed by atoms with E-state index in [-0.39, 0.29) is 23.8 Å². The number of β-lactam (4-membered cyclic amide) rings is 1. The number of nitrogens with one attached hydrogen (secondary N) is 2. The lowest BCUT2D eigenvalue weighted by Crippen LogP contribution is -2.43. The highest BCUT2D eigenvalue weighted by Crippen LogP contribution is 2.24. The van der Waals surface area contributed by atoms with E-state index in [9.17, 15) is 14.0 Å². The third-order valence-corrected chi connectivity index (χ3v) is 5.00. The monoisotopic (exact) mass is 368 g/mol. The van der Waals surface area contributed by atoms with Gasteiger partial charge in [0.25, 0.3) is 0 Å². The summed E-state index contributed by atoms with van der Waals surface area (Å²) in [7, 11) is 0. The second-order valence-corrected chi connectivity index (χ2v) is 6.82. The van der Waals surface area contributed by atoms with Gasteiger partial charge in [-0.3, -0.25) is 4.79 Å². The van der Waals surface area contributed by atoms with E-state index in [4.69, 9.17) is 0 Å². The van der Waals surface area contributed by atoms with Gasteiger partial charge in [-0.15, -0.1) is 0 Å². The van der Waals surface area contributed by atoms with E-state index in [2.05, 4.69) is 10.6 Å². The van der Waals surface area contributed by atoms with Crippen LogP contribution >= 0.6 is 0 Å². The van der Waals surface area contributed by atoms with E-state index in [0.29, 0.717) is 30.9 Å². The zero-order valence-corrected chi connectivity index (χ0v) is 14.8. The van der Waals surface area contributed by atoms with Crippen molar-refractivity contribution in [2.24, 2.45) is 0 Å². The van der Waals surface area contributed by atoms with Gasteiger partial charge in [0.05, 0.1) is 5.69 Å². The summed E-state index contributed by atoms with van der Waals surface area (Å²) >= 11 is 0. The Bertz CT molecular complexity index is 855. The van der Waals surface area contributed by atoms with Gasteiger partial charge < -0.3 is 20.4 Å². The quantitative estimate of drug-likeness (QED) is 0.816. The minimum absolute atomic E-state index is 0.0393. The Morgan fingerprint density at radius 2 is 1.85 bits per heavy atom. The molecule has 2 aliphatic heterocycles. The molecule has 2 aliphatic rings. The Morgan fingerprint density at radius 3 is 2.52 bits per heavy atom. The molecule has 4 rings (SSSR count). The molecular weight excluding hydrogens is 347 g/mol. The van der Waals surface area contributed by atoms with E-state index < -0.39 is 0 Å². The molecule has 2 aromatic rings. The number of nitrogens with zero attached hydrogens (tertiary/aromatic N) is 2. The lowest BCUT2D eigenvalue weighted by atomic mass is 10.1. The Morgan fingerprint density at radius 1 is 1.07 bits per heavy atom. The van der Waals surface area contributed by atoms with Gasteiger partial charge in [0.1, 0.15) is 5.82 Å². The van der Waals surface area contributed by atoms with Gasteiger partial charge in [-0.1, -0.05) is 12.1 Å². The maximum Gasteiger partial charge on any atom is 0.319 e. The first-order valence-electron chi connectivity index (χ1n) is 9.07. The Balaban J connectivity index is 1.30. The Labute approximate surface area is 157 Å². The van der Waals surface area contributed by atoms with Crippen LogP contribution < -0.4 is 20.4 Å². The molecule has 0 bridgehead atoms. The lowest BCUT2D eigenvalue weighted by molar-refractivity contribution is -0.122. The van der Waals surface area contributed by atoms with Gasteiger partial charge >= 0.3 is 6.03 Å². The van der Waals surface area contributed by atoms with Gasteiger partial charge in [-0.05, 0) is 42.8 Å². The number of hydrogen-bond acceptors (Lipinski definition) is 3. The van der Waals surface area contributed by atoms with E-state index in [1.54, 1.807) is 29.2 Å². The van der Waals surface area contributed by atoms with Gasteiger partial charge in [0.15, 0.2) is 0 Å². The minimum Gasteiger partial charge on any atom is -0.367 e. The molecule has 140 valence electrons. The highest BCUT2D eigenvalue weighted by atomic mass is 19.1. The summed E-state index contributed by atoms with van der Waals surface area (Å²) < 4.78 is 13.9. The number of hydrogen-bond donors (Lipinski definition) is 2. The van der Waals surface area contributed by atoms with Gasteiger partial charge in [0, 0.05) is 43.5 Å². The maximum atomic E-state index is 13.9. The van der Waals surface area contributed by atoms with Crippen LogP contribution in [0.15, 0.2) is 48.5 Å². The summed E-state index contributed by atoms with van der Waals surface area (Å²) in [6.07, 6.45) is 1.35. The molecule has 0 aromatic heterocycles. The number of benzene rings is 2. The standard InChI is InChI=1S/C20H21FN4O2/c21-17-3-1-2-4-18(17)24-11-9-15(13-24)23-20(27)22-14-5-7-16(8-6-14)25-12-10-19(25)26/h1-8,15H,9-13H2,(H2,22,23,27). The van der Waals surface area contributed by atoms with Crippen molar-refractivity contribution < 1.29 is 14.0 Å². The molecule has 7 heteroatoms. The van der Waals surface area contributed by atoms with Gasteiger partial charge in [-0.2, -0.15) is 0 Å². The van der Waals surface area contributed by atoms with Crippen molar-refractivity contribution in [3.8, 4) is 0 Å². The molecule has 2 N–H and O–H groups in total. The first kappa shape index (κ1) is 17.3. The van der Waals surface area contributed by atoms with Crippen molar-refractivity contribution in [2.45, 2.75) is 18.9 Å². The van der Waals surface area contributed by atoms with Crippen LogP contribution in [0.3, 0.4) is 0 Å². The lowest BCUT2D eigenvalue weighted by Gasteiger charge is -2.30. The van der Waals surface area contributed by atoms with Crippen LogP contribution in [-0.4, -0.2) is 37.6 Å². The van der Waals surface area contributed by atoms with Crippen LogP contribution in [-0.2, 0) is 4.79 Å². The Hall–Kier alpha value is -3.09. The van der Waals surface area contributed by atoms with Crippen LogP contribution in [0.2, 0.25) is 0 Å². The van der Waals surface area contributed by atoms with Crippen molar-refractivity contribution in [1.29, 1.82) is 0 Å². The molecule has 0 saturated carbocycles. The van der Waals surface area contributed by atoms with Crippen molar-refractivity contribution >= 4 is 29.0 Å². The normalized spacial score (nSPS) is 19.0. The second-order valence-electron chi connectivity index (χ2n) is 6.82. The van der Waals surface area contributed by atoms with Crippen LogP contribution in [0.1, 0.15) is 12.8 Å². The fourth-order valence-corrected chi connectivity index (χ4v) is 3.47. The maximum absolute atomic E-state index is 13.9. The minimum atomic E-state index is -0.289. The number of amides is 3. The van der Waals surface area contributed by atoms with Crippen LogP contribution in [0.25, 0.3) is 0 Å². The zero-order valence-electron chi connectivity index (χ0n) is 14.8. The molecule has 1 unspecified atom stereocenters. The summed E-state index contributed by atoms with van der Waals surface area (Å²) in [6, 6.07) is 13.5. The number of para-hydroxylation sites is 1. The fourth-order valence-electron chi connectivity index (χ4n) is 3.47. The van der Waals surface area contributed by atoms with Gasteiger partial charge in [-0.25, -0.2) is 9.18 Å². The van der Waals surface area contributed by atoms with Gasteiger partial charge in [0.2, 0.25) is 5.91 Å². The van der Waals surface area contributed by atoms with Crippen molar-refractivity contribution in [3.63, 3.8) is 0 Å². The third kappa shape index (κ3) is 3.72. The summed E-state index contributed by atoms with van der Waals surface area (Å²) in [6.45, 7) is 2.01. The van der Waals surface area contributed by atoms with Crippen LogP contribution in [0, 0.1) is 5.82 Å². The number of rotatable bonds is 4. The average Bonchev–Trinajstić information content (AvgIpc) is 3.10. The van der Waals surface area contributed by atoms with Crippen molar-refractivity contribution in [2.75, 3.05) is 34.8 Å². The molecule has 0 spiro atoms. The number of carbonyl (C=O) groups excluding carboxylic acids is 2. The van der Waals surface area contributed by atoms with Crippen LogP contribution in [0.5, 0.6) is 0 Å². The molecule has 6 nitrogen and oxygen atoms in total. The molecule has 0 aliphatic carbocycles. The summed E-state index contributed by atoms with van der Waals surface area (Å²) in [5, 5.41) is 5.74. The topological polar surface area (TPSA) is 64.7 Å². The first-order chi connectivity index (χ1) is 13.1. The number of halogens is 1. The zero-order chi connectivity index (χ0) is 18.8. The molecule has 27 heavy (non-hydrogen) atoms. The molecule has 2 saturated heterocycles. The number of anilines is 3. The molecule has 2 aromatic carbocycles. The molecule has 0 radical (unpaired) electrons. The number of urea groups is 1. The van der Waals surface area contributed by atoms with E-state index in [0.717, 1.165) is 18.7 Å². The highest BCUT2D eigenvalue weighted by molar-refractivity contribution is 5.99. The smallest absolute Gasteiger partial charge is 0.319 e. The first-order valence-corrected chi connectivity index (χ1v) is 9.07. The van der Waals surface area contributed by atoms with Crippen molar-refractivity contribution in [1.82, 2.24) is 5.32 Å². The van der Waals surface area contributed by atoms with Crippen LogP contribution in [0.4, 0.5) is 26.2 Å². The fraction of sp³-hybridized carbons (Fsp3) is 0.300.